The summed E-state index contributed by atoms with van der Waals surface area (Å²) in [6.45, 7) is 1.89. The predicted molar refractivity (Wildman–Crippen MR) is 80.9 cm³/mol. The highest BCUT2D eigenvalue weighted by atomic mass is 79.9. The Morgan fingerprint density at radius 2 is 2.00 bits per heavy atom. The zero-order valence-corrected chi connectivity index (χ0v) is 12.8. The van der Waals surface area contributed by atoms with E-state index in [1.54, 1.807) is 6.07 Å². The molecule has 0 amide bonds. The molecule has 4 heteroatoms. The lowest BCUT2D eigenvalue weighted by molar-refractivity contribution is 0.623. The Balaban J connectivity index is 2.23. The third kappa shape index (κ3) is 3.56. The van der Waals surface area contributed by atoms with Crippen LogP contribution in [0.5, 0.6) is 0 Å². The molecule has 19 heavy (non-hydrogen) atoms. The average Bonchev–Trinajstić information content (AvgIpc) is 2.32. The van der Waals surface area contributed by atoms with Crippen molar-refractivity contribution in [1.29, 1.82) is 0 Å². The molecule has 0 aromatic heterocycles. The van der Waals surface area contributed by atoms with Gasteiger partial charge in [-0.25, -0.2) is 4.39 Å². The Morgan fingerprint density at radius 3 is 2.63 bits per heavy atom. The molecule has 2 aromatic carbocycles. The first kappa shape index (κ1) is 14.5. The third-order valence-corrected chi connectivity index (χ3v) is 4.03. The lowest BCUT2D eigenvalue weighted by Crippen LogP contribution is -2.14. The van der Waals surface area contributed by atoms with Gasteiger partial charge in [0, 0.05) is 15.5 Å². The van der Waals surface area contributed by atoms with Gasteiger partial charge in [-0.3, -0.25) is 0 Å². The van der Waals surface area contributed by atoms with Crippen molar-refractivity contribution in [2.24, 2.45) is 5.73 Å². The number of aryl methyl sites for hydroxylation is 1. The van der Waals surface area contributed by atoms with Crippen LogP contribution in [0.2, 0.25) is 5.02 Å². The van der Waals surface area contributed by atoms with Gasteiger partial charge in [0.15, 0.2) is 0 Å². The van der Waals surface area contributed by atoms with Crippen LogP contribution in [0.25, 0.3) is 0 Å². The second-order valence-electron chi connectivity index (χ2n) is 4.55. The van der Waals surface area contributed by atoms with Crippen LogP contribution in [-0.2, 0) is 6.42 Å². The zero-order valence-electron chi connectivity index (χ0n) is 10.5. The van der Waals surface area contributed by atoms with Crippen molar-refractivity contribution >= 4 is 27.5 Å². The van der Waals surface area contributed by atoms with Crippen LogP contribution in [0.4, 0.5) is 4.39 Å². The van der Waals surface area contributed by atoms with Gasteiger partial charge in [0.1, 0.15) is 5.82 Å². The van der Waals surface area contributed by atoms with E-state index >= 15 is 0 Å². The number of hydrogen-bond acceptors (Lipinski definition) is 1. The number of nitrogens with two attached hydrogens (primary N) is 1. The van der Waals surface area contributed by atoms with Crippen molar-refractivity contribution in [1.82, 2.24) is 0 Å². The minimum absolute atomic E-state index is 0.157. The fourth-order valence-corrected chi connectivity index (χ4v) is 3.01. The van der Waals surface area contributed by atoms with Crippen molar-refractivity contribution < 1.29 is 4.39 Å². The number of halogens is 3. The van der Waals surface area contributed by atoms with Crippen molar-refractivity contribution in [2.45, 2.75) is 19.4 Å². The van der Waals surface area contributed by atoms with Crippen LogP contribution in [0.15, 0.2) is 40.9 Å². The van der Waals surface area contributed by atoms with Crippen LogP contribution in [0.1, 0.15) is 22.7 Å². The fraction of sp³-hybridized carbons (Fsp3) is 0.200. The van der Waals surface area contributed by atoms with E-state index in [0.717, 1.165) is 21.2 Å². The van der Waals surface area contributed by atoms with Gasteiger partial charge >= 0.3 is 0 Å². The summed E-state index contributed by atoms with van der Waals surface area (Å²) in [6.07, 6.45) is 0.659. The highest BCUT2D eigenvalue weighted by Crippen LogP contribution is 2.28. The lowest BCUT2D eigenvalue weighted by atomic mass is 9.97. The summed E-state index contributed by atoms with van der Waals surface area (Å²) in [6, 6.07) is 10.2. The van der Waals surface area contributed by atoms with Crippen molar-refractivity contribution in [3.63, 3.8) is 0 Å². The number of benzene rings is 2. The summed E-state index contributed by atoms with van der Waals surface area (Å²) < 4.78 is 14.0. The van der Waals surface area contributed by atoms with Gasteiger partial charge in [-0.1, -0.05) is 39.7 Å². The molecule has 0 saturated heterocycles. The second kappa shape index (κ2) is 6.04. The maximum absolute atomic E-state index is 13.1. The molecule has 0 radical (unpaired) electrons. The van der Waals surface area contributed by atoms with Crippen molar-refractivity contribution in [2.75, 3.05) is 0 Å². The topological polar surface area (TPSA) is 26.0 Å². The quantitative estimate of drug-likeness (QED) is 0.852. The molecule has 0 spiro atoms. The average molecular weight is 343 g/mol. The van der Waals surface area contributed by atoms with Crippen molar-refractivity contribution in [3.05, 3.63) is 68.4 Å². The van der Waals surface area contributed by atoms with E-state index in [1.807, 2.05) is 25.1 Å². The Labute approximate surface area is 125 Å². The Hall–Kier alpha value is -0.900. The van der Waals surface area contributed by atoms with Gasteiger partial charge in [0.05, 0.1) is 0 Å². The summed E-state index contributed by atoms with van der Waals surface area (Å²) >= 11 is 9.38. The molecular formula is C15H14BrClFN. The minimum Gasteiger partial charge on any atom is -0.324 e. The molecule has 0 heterocycles. The fourth-order valence-electron chi connectivity index (χ4n) is 2.04. The zero-order chi connectivity index (χ0) is 14.0. The standard InChI is InChI=1S/C15H14BrClFN/c1-9-6-12(18)4-2-10(9)7-15(19)13-5-3-11(17)8-14(13)16/h2-6,8,15H,7,19H2,1H3. The molecule has 2 N–H and O–H groups in total. The normalized spacial score (nSPS) is 12.5. The summed E-state index contributed by atoms with van der Waals surface area (Å²) in [5, 5.41) is 0.667. The molecule has 2 aromatic rings. The van der Waals surface area contributed by atoms with E-state index in [-0.39, 0.29) is 11.9 Å². The Morgan fingerprint density at radius 1 is 1.26 bits per heavy atom. The lowest BCUT2D eigenvalue weighted by Gasteiger charge is -2.15. The summed E-state index contributed by atoms with van der Waals surface area (Å²) in [5.41, 5.74) is 9.18. The van der Waals surface area contributed by atoms with E-state index in [0.29, 0.717) is 11.4 Å². The number of rotatable bonds is 3. The highest BCUT2D eigenvalue weighted by molar-refractivity contribution is 9.10. The van der Waals surface area contributed by atoms with E-state index in [9.17, 15) is 4.39 Å². The first-order chi connectivity index (χ1) is 8.97. The molecule has 0 aliphatic heterocycles. The minimum atomic E-state index is -0.220. The molecule has 0 aliphatic carbocycles. The van der Waals surface area contributed by atoms with Crippen LogP contribution < -0.4 is 5.73 Å². The maximum atomic E-state index is 13.1. The molecule has 0 fully saturated rings. The van der Waals surface area contributed by atoms with E-state index in [2.05, 4.69) is 15.9 Å². The molecule has 0 bridgehead atoms. The first-order valence-electron chi connectivity index (χ1n) is 5.93. The maximum Gasteiger partial charge on any atom is 0.123 e. The van der Waals surface area contributed by atoms with Gasteiger partial charge in [0.25, 0.3) is 0 Å². The van der Waals surface area contributed by atoms with E-state index < -0.39 is 0 Å². The SMILES string of the molecule is Cc1cc(F)ccc1CC(N)c1ccc(Cl)cc1Br. The van der Waals surface area contributed by atoms with Crippen LogP contribution in [-0.4, -0.2) is 0 Å². The van der Waals surface area contributed by atoms with Gasteiger partial charge in [-0.05, 0) is 54.3 Å². The smallest absolute Gasteiger partial charge is 0.123 e. The summed E-state index contributed by atoms with van der Waals surface area (Å²) in [4.78, 5) is 0. The molecule has 1 nitrogen and oxygen atoms in total. The molecule has 1 atom stereocenters. The number of hydrogen-bond donors (Lipinski definition) is 1. The molecule has 0 saturated carbocycles. The molecular weight excluding hydrogens is 329 g/mol. The van der Waals surface area contributed by atoms with E-state index in [4.69, 9.17) is 17.3 Å². The summed E-state index contributed by atoms with van der Waals surface area (Å²) in [5.74, 6) is -0.220. The highest BCUT2D eigenvalue weighted by Gasteiger charge is 2.12. The van der Waals surface area contributed by atoms with Gasteiger partial charge < -0.3 is 5.73 Å². The predicted octanol–water partition coefficient (Wildman–Crippen LogP) is 4.79. The molecule has 0 aliphatic rings. The van der Waals surface area contributed by atoms with Crippen LogP contribution in [0, 0.1) is 12.7 Å². The van der Waals surface area contributed by atoms with E-state index in [1.165, 1.54) is 12.1 Å². The third-order valence-electron chi connectivity index (χ3n) is 3.11. The van der Waals surface area contributed by atoms with Gasteiger partial charge in [0.2, 0.25) is 0 Å². The second-order valence-corrected chi connectivity index (χ2v) is 5.84. The van der Waals surface area contributed by atoms with Gasteiger partial charge in [-0.2, -0.15) is 0 Å². The first-order valence-corrected chi connectivity index (χ1v) is 7.10. The van der Waals surface area contributed by atoms with Gasteiger partial charge in [-0.15, -0.1) is 0 Å². The van der Waals surface area contributed by atoms with Crippen LogP contribution in [0.3, 0.4) is 0 Å². The molecule has 2 rings (SSSR count). The Kier molecular flexibility index (Phi) is 4.61. The molecule has 100 valence electrons. The largest absolute Gasteiger partial charge is 0.324 e. The molecule has 1 unspecified atom stereocenters. The monoisotopic (exact) mass is 341 g/mol. The summed E-state index contributed by atoms with van der Waals surface area (Å²) in [7, 11) is 0. The van der Waals surface area contributed by atoms with Crippen molar-refractivity contribution in [3.8, 4) is 0 Å². The van der Waals surface area contributed by atoms with Crippen LogP contribution >= 0.6 is 27.5 Å². The Bertz CT molecular complexity index is 601.